The maximum absolute atomic E-state index is 11.6. The van der Waals surface area contributed by atoms with Crippen LogP contribution in [0, 0.1) is 0 Å². The van der Waals surface area contributed by atoms with Crippen molar-refractivity contribution in [1.82, 2.24) is 0 Å². The van der Waals surface area contributed by atoms with E-state index in [0.29, 0.717) is 12.4 Å². The van der Waals surface area contributed by atoms with Gasteiger partial charge in [-0.2, -0.15) is 0 Å². The van der Waals surface area contributed by atoms with Crippen molar-refractivity contribution >= 4 is 27.9 Å². The number of halogens is 1. The number of unbranched alkanes of at least 4 members (excludes halogenated alkanes) is 3. The van der Waals surface area contributed by atoms with E-state index in [0.717, 1.165) is 31.0 Å². The van der Waals surface area contributed by atoms with E-state index in [1.165, 1.54) is 20.3 Å². The lowest BCUT2D eigenvalue weighted by Gasteiger charge is -2.10. The van der Waals surface area contributed by atoms with Crippen molar-refractivity contribution in [3.05, 3.63) is 29.3 Å². The van der Waals surface area contributed by atoms with E-state index in [4.69, 9.17) is 4.74 Å². The van der Waals surface area contributed by atoms with Crippen LogP contribution in [0.4, 0.5) is 0 Å². The van der Waals surface area contributed by atoms with Gasteiger partial charge in [-0.05, 0) is 31.0 Å². The van der Waals surface area contributed by atoms with Crippen LogP contribution in [0.5, 0.6) is 5.75 Å². The molecule has 0 aliphatic heterocycles. The summed E-state index contributed by atoms with van der Waals surface area (Å²) in [7, 11) is 2.58. The number of methoxy groups -OCH3 is 2. The number of esters is 2. The molecule has 1 rings (SSSR count). The second kappa shape index (κ2) is 10.2. The normalized spacial score (nSPS) is 10.1. The Balaban J connectivity index is 2.71. The summed E-state index contributed by atoms with van der Waals surface area (Å²) in [6.07, 6.45) is 4.28. The van der Waals surface area contributed by atoms with Crippen LogP contribution in [0.2, 0.25) is 0 Å². The van der Waals surface area contributed by atoms with Gasteiger partial charge in [0, 0.05) is 5.33 Å². The van der Waals surface area contributed by atoms with Gasteiger partial charge in [-0.25, -0.2) is 9.59 Å². The predicted octanol–water partition coefficient (Wildman–Crippen LogP) is 3.59. The first kappa shape index (κ1) is 18.5. The number of hydrogen-bond acceptors (Lipinski definition) is 5. The molecule has 0 unspecified atom stereocenters. The van der Waals surface area contributed by atoms with Crippen LogP contribution in [0.1, 0.15) is 46.4 Å². The Morgan fingerprint density at radius 3 is 1.95 bits per heavy atom. The Kier molecular flexibility index (Phi) is 8.58. The zero-order valence-corrected chi connectivity index (χ0v) is 14.5. The Bertz CT molecular complexity index is 467. The van der Waals surface area contributed by atoms with Crippen molar-refractivity contribution in [3.63, 3.8) is 0 Å². The molecule has 0 bridgehead atoms. The quantitative estimate of drug-likeness (QED) is 0.376. The average Bonchev–Trinajstić information content (AvgIpc) is 2.56. The number of benzene rings is 1. The van der Waals surface area contributed by atoms with E-state index < -0.39 is 11.9 Å². The lowest BCUT2D eigenvalue weighted by molar-refractivity contribution is 0.0598. The molecule has 0 aromatic heterocycles. The Morgan fingerprint density at radius 2 is 1.45 bits per heavy atom. The third kappa shape index (κ3) is 6.05. The molecule has 0 radical (unpaired) electrons. The topological polar surface area (TPSA) is 61.8 Å². The van der Waals surface area contributed by atoms with Crippen LogP contribution in [-0.4, -0.2) is 38.1 Å². The number of carbonyl (C=O) groups is 2. The molecule has 1 aromatic rings. The van der Waals surface area contributed by atoms with Crippen molar-refractivity contribution in [2.24, 2.45) is 0 Å². The van der Waals surface area contributed by atoms with Gasteiger partial charge in [0.25, 0.3) is 0 Å². The molecule has 6 heteroatoms. The molecule has 0 aliphatic carbocycles. The first-order valence-corrected chi connectivity index (χ1v) is 8.25. The van der Waals surface area contributed by atoms with Crippen LogP contribution < -0.4 is 4.74 Å². The Labute approximate surface area is 139 Å². The number of ether oxygens (including phenoxy) is 3. The van der Waals surface area contributed by atoms with Gasteiger partial charge < -0.3 is 14.2 Å². The minimum absolute atomic E-state index is 0.264. The van der Waals surface area contributed by atoms with Gasteiger partial charge in [0.15, 0.2) is 0 Å². The Morgan fingerprint density at radius 1 is 0.909 bits per heavy atom. The van der Waals surface area contributed by atoms with Gasteiger partial charge in [-0.3, -0.25) is 0 Å². The summed E-state index contributed by atoms with van der Waals surface area (Å²) in [6.45, 7) is 0.535. The zero-order valence-electron chi connectivity index (χ0n) is 12.9. The molecule has 0 N–H and O–H groups in total. The van der Waals surface area contributed by atoms with E-state index in [2.05, 4.69) is 25.4 Å². The van der Waals surface area contributed by atoms with E-state index in [-0.39, 0.29) is 11.1 Å². The Hall–Kier alpha value is -1.56. The third-order valence-corrected chi connectivity index (χ3v) is 3.61. The highest BCUT2D eigenvalue weighted by atomic mass is 79.9. The summed E-state index contributed by atoms with van der Waals surface area (Å²) in [4.78, 5) is 23.3. The summed E-state index contributed by atoms with van der Waals surface area (Å²) in [5.41, 5.74) is 0.527. The second-order valence-electron chi connectivity index (χ2n) is 4.68. The van der Waals surface area contributed by atoms with Gasteiger partial charge in [0.2, 0.25) is 0 Å². The van der Waals surface area contributed by atoms with Crippen molar-refractivity contribution in [3.8, 4) is 5.75 Å². The van der Waals surface area contributed by atoms with Gasteiger partial charge in [0.1, 0.15) is 5.75 Å². The van der Waals surface area contributed by atoms with Crippen molar-refractivity contribution in [1.29, 1.82) is 0 Å². The van der Waals surface area contributed by atoms with Crippen molar-refractivity contribution < 1.29 is 23.8 Å². The van der Waals surface area contributed by atoms with Crippen LogP contribution in [0.3, 0.4) is 0 Å². The average molecular weight is 373 g/mol. The molecule has 0 saturated carbocycles. The van der Waals surface area contributed by atoms with E-state index in [1.54, 1.807) is 12.1 Å². The highest BCUT2D eigenvalue weighted by Gasteiger charge is 2.14. The number of rotatable bonds is 9. The largest absolute Gasteiger partial charge is 0.494 e. The fourth-order valence-corrected chi connectivity index (χ4v) is 2.29. The summed E-state index contributed by atoms with van der Waals surface area (Å²) in [5, 5.41) is 1.01. The lowest BCUT2D eigenvalue weighted by atomic mass is 10.1. The molecule has 0 heterocycles. The van der Waals surface area contributed by atoms with Crippen LogP contribution >= 0.6 is 15.9 Å². The number of hydrogen-bond donors (Lipinski definition) is 0. The van der Waals surface area contributed by atoms with Gasteiger partial charge in [-0.1, -0.05) is 28.8 Å². The molecule has 0 amide bonds. The fraction of sp³-hybridized carbons (Fsp3) is 0.500. The van der Waals surface area contributed by atoms with Crippen LogP contribution in [0.15, 0.2) is 18.2 Å². The van der Waals surface area contributed by atoms with Gasteiger partial charge >= 0.3 is 11.9 Å². The number of carbonyl (C=O) groups excluding carboxylic acids is 2. The highest BCUT2D eigenvalue weighted by Crippen LogP contribution is 2.19. The molecular weight excluding hydrogens is 352 g/mol. The SMILES string of the molecule is COC(=O)c1cc(OCCCCCCBr)cc(C(=O)OC)c1. The van der Waals surface area contributed by atoms with E-state index in [1.807, 2.05) is 0 Å². The summed E-state index contributed by atoms with van der Waals surface area (Å²) in [5.74, 6) is -0.579. The van der Waals surface area contributed by atoms with E-state index in [9.17, 15) is 9.59 Å². The highest BCUT2D eigenvalue weighted by molar-refractivity contribution is 9.09. The first-order chi connectivity index (χ1) is 10.6. The molecule has 0 spiro atoms. The predicted molar refractivity (Wildman–Crippen MR) is 86.9 cm³/mol. The van der Waals surface area contributed by atoms with Crippen molar-refractivity contribution in [2.45, 2.75) is 25.7 Å². The zero-order chi connectivity index (χ0) is 16.4. The monoisotopic (exact) mass is 372 g/mol. The molecule has 5 nitrogen and oxygen atoms in total. The molecule has 22 heavy (non-hydrogen) atoms. The second-order valence-corrected chi connectivity index (χ2v) is 5.47. The molecular formula is C16H21BrO5. The van der Waals surface area contributed by atoms with Crippen molar-refractivity contribution in [2.75, 3.05) is 26.2 Å². The fourth-order valence-electron chi connectivity index (χ4n) is 1.89. The lowest BCUT2D eigenvalue weighted by Crippen LogP contribution is -2.08. The van der Waals surface area contributed by atoms with Crippen LogP contribution in [-0.2, 0) is 9.47 Å². The van der Waals surface area contributed by atoms with Gasteiger partial charge in [-0.15, -0.1) is 0 Å². The van der Waals surface area contributed by atoms with E-state index >= 15 is 0 Å². The first-order valence-electron chi connectivity index (χ1n) is 7.13. The molecule has 1 aromatic carbocycles. The third-order valence-electron chi connectivity index (χ3n) is 3.05. The summed E-state index contributed by atoms with van der Waals surface area (Å²) in [6, 6.07) is 4.56. The minimum Gasteiger partial charge on any atom is -0.494 e. The summed E-state index contributed by atoms with van der Waals surface area (Å²) >= 11 is 3.39. The molecule has 0 atom stereocenters. The molecule has 0 fully saturated rings. The van der Waals surface area contributed by atoms with Crippen LogP contribution in [0.25, 0.3) is 0 Å². The maximum Gasteiger partial charge on any atom is 0.338 e. The molecule has 0 aliphatic rings. The smallest absolute Gasteiger partial charge is 0.338 e. The molecule has 122 valence electrons. The maximum atomic E-state index is 11.6. The minimum atomic E-state index is -0.520. The molecule has 0 saturated heterocycles. The summed E-state index contributed by atoms with van der Waals surface area (Å²) < 4.78 is 15.0. The standard InChI is InChI=1S/C16H21BrO5/c1-20-15(18)12-9-13(16(19)21-2)11-14(10-12)22-8-6-4-3-5-7-17/h9-11H,3-8H2,1-2H3. The number of alkyl halides is 1. The van der Waals surface area contributed by atoms with Gasteiger partial charge in [0.05, 0.1) is 32.0 Å².